The lowest BCUT2D eigenvalue weighted by Crippen LogP contribution is -2.26. The Hall–Kier alpha value is -2.53. The lowest BCUT2D eigenvalue weighted by Gasteiger charge is -2.19. The predicted octanol–water partition coefficient (Wildman–Crippen LogP) is 2.91. The molecule has 5 nitrogen and oxygen atoms in total. The van der Waals surface area contributed by atoms with Gasteiger partial charge in [0.1, 0.15) is 11.6 Å². The Morgan fingerprint density at radius 1 is 1.12 bits per heavy atom. The number of nitrogen functional groups attached to an aromatic ring is 1. The quantitative estimate of drug-likeness (QED) is 0.721. The van der Waals surface area contributed by atoms with Crippen molar-refractivity contribution >= 4 is 16.7 Å². The largest absolute Gasteiger partial charge is 0.493 e. The molecular formula is C21H24N4O. The number of likely N-dealkylation sites (tertiary alicyclic amines) is 1. The monoisotopic (exact) mass is 348 g/mol. The molecule has 0 spiro atoms. The first-order valence-electron chi connectivity index (χ1n) is 9.30. The third-order valence-corrected chi connectivity index (χ3v) is 6.00. The van der Waals surface area contributed by atoms with E-state index in [-0.39, 0.29) is 0 Å². The maximum absolute atomic E-state index is 5.94. The van der Waals surface area contributed by atoms with E-state index in [1.165, 1.54) is 0 Å². The van der Waals surface area contributed by atoms with E-state index in [4.69, 9.17) is 15.5 Å². The van der Waals surface area contributed by atoms with Crippen molar-refractivity contribution in [1.29, 1.82) is 0 Å². The van der Waals surface area contributed by atoms with Crippen LogP contribution in [0.25, 0.3) is 11.0 Å². The molecule has 0 bridgehead atoms. The fourth-order valence-electron chi connectivity index (χ4n) is 4.42. The first kappa shape index (κ1) is 15.7. The number of hydrogen-bond acceptors (Lipinski definition) is 4. The molecule has 2 fully saturated rings. The summed E-state index contributed by atoms with van der Waals surface area (Å²) in [6.45, 7) is 4.06. The normalized spacial score (nSPS) is 24.7. The Balaban J connectivity index is 1.19. The second kappa shape index (κ2) is 6.02. The molecule has 134 valence electrons. The molecule has 26 heavy (non-hydrogen) atoms. The second-order valence-electron chi connectivity index (χ2n) is 7.64. The Labute approximate surface area is 153 Å². The Bertz CT molecular complexity index is 924. The minimum absolute atomic E-state index is 0.715. The van der Waals surface area contributed by atoms with E-state index in [9.17, 15) is 0 Å². The zero-order chi connectivity index (χ0) is 17.7. The Morgan fingerprint density at radius 2 is 1.88 bits per heavy atom. The highest BCUT2D eigenvalue weighted by atomic mass is 16.5. The third kappa shape index (κ3) is 2.72. The summed E-state index contributed by atoms with van der Waals surface area (Å²) in [7, 11) is 2.08. The van der Waals surface area contributed by atoms with E-state index in [0.717, 1.165) is 66.4 Å². The molecule has 5 heteroatoms. The summed E-state index contributed by atoms with van der Waals surface area (Å²) in [5.41, 5.74) is 8.83. The molecule has 2 heterocycles. The van der Waals surface area contributed by atoms with Gasteiger partial charge in [-0.25, -0.2) is 4.98 Å². The number of hydrogen-bond donors (Lipinski definition) is 1. The number of rotatable bonds is 5. The van der Waals surface area contributed by atoms with Crippen LogP contribution >= 0.6 is 0 Å². The molecule has 0 radical (unpaired) electrons. The van der Waals surface area contributed by atoms with E-state index < -0.39 is 0 Å². The summed E-state index contributed by atoms with van der Waals surface area (Å²) in [4.78, 5) is 7.32. The van der Waals surface area contributed by atoms with Crippen LogP contribution in [-0.2, 0) is 13.6 Å². The first-order chi connectivity index (χ1) is 12.7. The first-order valence-corrected chi connectivity index (χ1v) is 9.30. The van der Waals surface area contributed by atoms with Crippen LogP contribution in [0.3, 0.4) is 0 Å². The number of nitrogens with two attached hydrogens (primary N) is 1. The molecule has 2 aliphatic rings. The number of nitrogens with zero attached hydrogens (tertiary/aromatic N) is 3. The maximum Gasteiger partial charge on any atom is 0.123 e. The topological polar surface area (TPSA) is 56.3 Å². The number of ether oxygens (including phenoxy) is 1. The number of imidazole rings is 1. The average Bonchev–Trinajstić information content (AvgIpc) is 2.97. The van der Waals surface area contributed by atoms with Gasteiger partial charge in [0.15, 0.2) is 0 Å². The van der Waals surface area contributed by atoms with Crippen molar-refractivity contribution in [1.82, 2.24) is 14.5 Å². The van der Waals surface area contributed by atoms with Crippen molar-refractivity contribution < 1.29 is 4.74 Å². The molecule has 1 saturated carbocycles. The van der Waals surface area contributed by atoms with Gasteiger partial charge in [-0.1, -0.05) is 18.2 Å². The molecular weight excluding hydrogens is 324 g/mol. The van der Waals surface area contributed by atoms with E-state index in [1.54, 1.807) is 0 Å². The number of aryl methyl sites for hydroxylation is 1. The highest BCUT2D eigenvalue weighted by Gasteiger charge is 2.55. The van der Waals surface area contributed by atoms with Crippen molar-refractivity contribution in [2.24, 2.45) is 24.8 Å². The van der Waals surface area contributed by atoms with Crippen molar-refractivity contribution in [3.63, 3.8) is 0 Å². The van der Waals surface area contributed by atoms with Gasteiger partial charge in [-0.3, -0.25) is 4.90 Å². The van der Waals surface area contributed by atoms with Crippen molar-refractivity contribution in [3.8, 4) is 5.75 Å². The molecule has 1 aliphatic carbocycles. The maximum atomic E-state index is 5.94. The fourth-order valence-corrected chi connectivity index (χ4v) is 4.42. The van der Waals surface area contributed by atoms with Gasteiger partial charge in [0.2, 0.25) is 0 Å². The van der Waals surface area contributed by atoms with Crippen molar-refractivity contribution in [2.75, 3.05) is 25.4 Å². The Kier molecular flexibility index (Phi) is 3.64. The van der Waals surface area contributed by atoms with Crippen LogP contribution in [0.4, 0.5) is 5.69 Å². The summed E-state index contributed by atoms with van der Waals surface area (Å²) >= 11 is 0. The second-order valence-corrected chi connectivity index (χ2v) is 7.64. The molecule has 1 aromatic heterocycles. The van der Waals surface area contributed by atoms with Crippen LogP contribution in [0.15, 0.2) is 48.5 Å². The molecule has 2 N–H and O–H groups in total. The van der Waals surface area contributed by atoms with E-state index in [0.29, 0.717) is 5.92 Å². The Morgan fingerprint density at radius 3 is 2.65 bits per heavy atom. The molecule has 1 aliphatic heterocycles. The molecule has 5 rings (SSSR count). The highest BCUT2D eigenvalue weighted by molar-refractivity contribution is 5.79. The summed E-state index contributed by atoms with van der Waals surface area (Å²) in [6, 6.07) is 16.1. The van der Waals surface area contributed by atoms with Crippen LogP contribution < -0.4 is 10.5 Å². The van der Waals surface area contributed by atoms with Gasteiger partial charge in [0.05, 0.1) is 24.2 Å². The number of anilines is 1. The SMILES string of the molecule is Cn1c(CN2C[C@@H]3[C@@H](COc4ccccc4)[C@@H]3C2)nc2ccc(N)cc21. The lowest BCUT2D eigenvalue weighted by atomic mass is 10.2. The molecule has 3 atom stereocenters. The highest BCUT2D eigenvalue weighted by Crippen LogP contribution is 2.52. The zero-order valence-electron chi connectivity index (χ0n) is 15.0. The van der Waals surface area contributed by atoms with E-state index >= 15 is 0 Å². The van der Waals surface area contributed by atoms with Crippen LogP contribution in [-0.4, -0.2) is 34.1 Å². The predicted molar refractivity (Wildman–Crippen MR) is 103 cm³/mol. The average molecular weight is 348 g/mol. The molecule has 0 amide bonds. The summed E-state index contributed by atoms with van der Waals surface area (Å²) in [5.74, 6) is 4.37. The number of benzene rings is 2. The summed E-state index contributed by atoms with van der Waals surface area (Å²) in [5, 5.41) is 0. The van der Waals surface area contributed by atoms with Gasteiger partial charge in [0.25, 0.3) is 0 Å². The van der Waals surface area contributed by atoms with E-state index in [1.807, 2.05) is 48.5 Å². The van der Waals surface area contributed by atoms with Crippen LogP contribution in [0, 0.1) is 17.8 Å². The molecule has 2 aromatic carbocycles. The van der Waals surface area contributed by atoms with Gasteiger partial charge in [-0.2, -0.15) is 0 Å². The summed E-state index contributed by atoms with van der Waals surface area (Å²) in [6.07, 6.45) is 0. The molecule has 0 unspecified atom stereocenters. The van der Waals surface area contributed by atoms with Crippen molar-refractivity contribution in [2.45, 2.75) is 6.54 Å². The van der Waals surface area contributed by atoms with Gasteiger partial charge in [0, 0.05) is 31.7 Å². The van der Waals surface area contributed by atoms with Crippen LogP contribution in [0.1, 0.15) is 5.82 Å². The fraction of sp³-hybridized carbons (Fsp3) is 0.381. The van der Waals surface area contributed by atoms with Gasteiger partial charge < -0.3 is 15.0 Å². The number of piperidine rings is 1. The van der Waals surface area contributed by atoms with Crippen molar-refractivity contribution in [3.05, 3.63) is 54.4 Å². The number of fused-ring (bicyclic) bond motifs is 2. The van der Waals surface area contributed by atoms with Gasteiger partial charge >= 0.3 is 0 Å². The van der Waals surface area contributed by atoms with Gasteiger partial charge in [-0.05, 0) is 42.2 Å². The van der Waals surface area contributed by atoms with Crippen LogP contribution in [0.2, 0.25) is 0 Å². The zero-order valence-corrected chi connectivity index (χ0v) is 15.0. The smallest absolute Gasteiger partial charge is 0.123 e. The molecule has 1 saturated heterocycles. The van der Waals surface area contributed by atoms with Gasteiger partial charge in [-0.15, -0.1) is 0 Å². The summed E-state index contributed by atoms with van der Waals surface area (Å²) < 4.78 is 8.12. The lowest BCUT2D eigenvalue weighted by molar-refractivity contribution is 0.226. The number of aromatic nitrogens is 2. The standard InChI is InChI=1S/C21H24N4O/c1-24-20-9-14(22)7-8-19(20)23-21(24)12-25-10-16-17(11-25)18(16)13-26-15-5-3-2-4-6-15/h2-9,16-18H,10-13,22H2,1H3/t16-,17+,18+. The minimum atomic E-state index is 0.715. The number of para-hydroxylation sites is 1. The van der Waals surface area contributed by atoms with E-state index in [2.05, 4.69) is 16.5 Å². The molecule has 3 aromatic rings. The third-order valence-electron chi connectivity index (χ3n) is 6.00. The minimum Gasteiger partial charge on any atom is -0.493 e. The van der Waals surface area contributed by atoms with Crippen LogP contribution in [0.5, 0.6) is 5.75 Å².